The molecule has 3 heteroatoms. The summed E-state index contributed by atoms with van der Waals surface area (Å²) in [6.07, 6.45) is 6.74. The summed E-state index contributed by atoms with van der Waals surface area (Å²) in [5, 5.41) is 4.81. The number of nitrogens with one attached hydrogen (secondary N) is 1. The summed E-state index contributed by atoms with van der Waals surface area (Å²) in [5.41, 5.74) is 0. The molecule has 0 saturated heterocycles. The van der Waals surface area contributed by atoms with Crippen LogP contribution in [0.25, 0.3) is 0 Å². The quantitative estimate of drug-likeness (QED) is 0.831. The molecule has 2 rings (SSSR count). The van der Waals surface area contributed by atoms with E-state index < -0.39 is 0 Å². The number of nitrogens with zero attached hydrogens (tertiary/aromatic N) is 1. The van der Waals surface area contributed by atoms with Crippen molar-refractivity contribution in [2.75, 3.05) is 5.75 Å². The first-order chi connectivity index (χ1) is 8.15. The third-order valence-corrected chi connectivity index (χ3v) is 4.87. The van der Waals surface area contributed by atoms with Crippen molar-refractivity contribution in [1.29, 1.82) is 0 Å². The van der Waals surface area contributed by atoms with E-state index in [-0.39, 0.29) is 0 Å². The van der Waals surface area contributed by atoms with Gasteiger partial charge in [-0.3, -0.25) is 4.99 Å². The summed E-state index contributed by atoms with van der Waals surface area (Å²) in [6, 6.07) is 1.18. The first-order valence-electron chi connectivity index (χ1n) is 7.12. The summed E-state index contributed by atoms with van der Waals surface area (Å²) in [6.45, 7) is 6.84. The molecule has 3 unspecified atom stereocenters. The van der Waals surface area contributed by atoms with Crippen LogP contribution < -0.4 is 5.32 Å². The van der Waals surface area contributed by atoms with E-state index in [9.17, 15) is 0 Å². The molecule has 0 aromatic heterocycles. The SMILES string of the molecule is CC(C)CC(C)NC1=NC2CCCCC2CS1. The third-order valence-electron chi connectivity index (χ3n) is 3.78. The zero-order valence-electron chi connectivity index (χ0n) is 11.4. The minimum absolute atomic E-state index is 0.557. The van der Waals surface area contributed by atoms with Crippen LogP contribution in [-0.2, 0) is 0 Å². The highest BCUT2D eigenvalue weighted by molar-refractivity contribution is 8.13. The Hall–Kier alpha value is -0.180. The van der Waals surface area contributed by atoms with Crippen molar-refractivity contribution in [3.8, 4) is 0 Å². The molecule has 2 aliphatic rings. The van der Waals surface area contributed by atoms with Crippen LogP contribution >= 0.6 is 11.8 Å². The smallest absolute Gasteiger partial charge is 0.157 e. The van der Waals surface area contributed by atoms with Gasteiger partial charge in [-0.1, -0.05) is 38.5 Å². The second-order valence-electron chi connectivity index (χ2n) is 6.03. The fourth-order valence-electron chi connectivity index (χ4n) is 2.98. The molecule has 1 saturated carbocycles. The number of hydrogen-bond donors (Lipinski definition) is 1. The van der Waals surface area contributed by atoms with Crippen LogP contribution in [0.5, 0.6) is 0 Å². The zero-order chi connectivity index (χ0) is 12.3. The molecule has 1 heterocycles. The summed E-state index contributed by atoms with van der Waals surface area (Å²) in [5.74, 6) is 2.90. The van der Waals surface area contributed by atoms with E-state index in [1.165, 1.54) is 43.0 Å². The largest absolute Gasteiger partial charge is 0.362 e. The van der Waals surface area contributed by atoms with Gasteiger partial charge in [0.2, 0.25) is 0 Å². The van der Waals surface area contributed by atoms with Gasteiger partial charge in [0.25, 0.3) is 0 Å². The van der Waals surface area contributed by atoms with E-state index in [4.69, 9.17) is 4.99 Å². The number of aliphatic imine (C=N–C) groups is 1. The van der Waals surface area contributed by atoms with Crippen molar-refractivity contribution in [3.63, 3.8) is 0 Å². The number of thioether (sulfide) groups is 1. The Kier molecular flexibility index (Phi) is 4.78. The molecule has 1 fully saturated rings. The summed E-state index contributed by atoms with van der Waals surface area (Å²) < 4.78 is 0. The standard InChI is InChI=1S/C14H26N2S/c1-10(2)8-11(3)15-14-16-13-7-5-4-6-12(13)9-17-14/h10-13H,4-9H2,1-3H3,(H,15,16). The average molecular weight is 254 g/mol. The fraction of sp³-hybridized carbons (Fsp3) is 0.929. The Balaban J connectivity index is 1.86. The van der Waals surface area contributed by atoms with Crippen molar-refractivity contribution >= 4 is 16.9 Å². The Bertz CT molecular complexity index is 275. The van der Waals surface area contributed by atoms with Gasteiger partial charge in [0, 0.05) is 11.8 Å². The predicted octanol–water partition coefficient (Wildman–Crippen LogP) is 3.67. The molecule has 0 bridgehead atoms. The topological polar surface area (TPSA) is 24.4 Å². The van der Waals surface area contributed by atoms with Crippen LogP contribution in [0.2, 0.25) is 0 Å². The normalized spacial score (nSPS) is 30.7. The van der Waals surface area contributed by atoms with Gasteiger partial charge in [-0.2, -0.15) is 0 Å². The van der Waals surface area contributed by atoms with Gasteiger partial charge in [0.1, 0.15) is 0 Å². The highest BCUT2D eigenvalue weighted by atomic mass is 32.2. The van der Waals surface area contributed by atoms with Crippen molar-refractivity contribution in [2.24, 2.45) is 16.8 Å². The number of fused-ring (bicyclic) bond motifs is 1. The fourth-order valence-corrected chi connectivity index (χ4v) is 4.24. The number of amidine groups is 1. The number of rotatable bonds is 3. The van der Waals surface area contributed by atoms with E-state index in [0.29, 0.717) is 12.1 Å². The Labute approximate surface area is 110 Å². The van der Waals surface area contributed by atoms with Gasteiger partial charge in [-0.15, -0.1) is 0 Å². The van der Waals surface area contributed by atoms with Gasteiger partial charge in [-0.25, -0.2) is 0 Å². The molecule has 1 aliphatic heterocycles. The Morgan fingerprint density at radius 3 is 2.82 bits per heavy atom. The lowest BCUT2D eigenvalue weighted by Gasteiger charge is -2.33. The Morgan fingerprint density at radius 1 is 1.29 bits per heavy atom. The van der Waals surface area contributed by atoms with E-state index in [0.717, 1.165) is 11.8 Å². The zero-order valence-corrected chi connectivity index (χ0v) is 12.2. The maximum absolute atomic E-state index is 4.92. The van der Waals surface area contributed by atoms with Crippen molar-refractivity contribution < 1.29 is 0 Å². The van der Waals surface area contributed by atoms with Gasteiger partial charge >= 0.3 is 0 Å². The molecule has 0 spiro atoms. The molecule has 3 atom stereocenters. The predicted molar refractivity (Wildman–Crippen MR) is 77.7 cm³/mol. The highest BCUT2D eigenvalue weighted by Crippen LogP contribution is 2.33. The lowest BCUT2D eigenvalue weighted by atomic mass is 9.86. The summed E-state index contributed by atoms with van der Waals surface area (Å²) in [4.78, 5) is 4.92. The molecule has 0 radical (unpaired) electrons. The summed E-state index contributed by atoms with van der Waals surface area (Å²) >= 11 is 1.94. The molecule has 0 amide bonds. The molecule has 2 nitrogen and oxygen atoms in total. The van der Waals surface area contributed by atoms with Gasteiger partial charge in [0.05, 0.1) is 6.04 Å². The molecule has 0 aromatic carbocycles. The van der Waals surface area contributed by atoms with E-state index >= 15 is 0 Å². The van der Waals surface area contributed by atoms with Crippen molar-refractivity contribution in [1.82, 2.24) is 5.32 Å². The van der Waals surface area contributed by atoms with Crippen LogP contribution in [0.1, 0.15) is 52.9 Å². The second-order valence-corrected chi connectivity index (χ2v) is 7.04. The minimum Gasteiger partial charge on any atom is -0.362 e. The van der Waals surface area contributed by atoms with Crippen LogP contribution in [0.3, 0.4) is 0 Å². The molecular formula is C14H26N2S. The van der Waals surface area contributed by atoms with Gasteiger partial charge in [0.15, 0.2) is 5.17 Å². The van der Waals surface area contributed by atoms with Gasteiger partial charge in [-0.05, 0) is 38.0 Å². The first kappa shape index (κ1) is 13.3. The molecule has 1 N–H and O–H groups in total. The maximum atomic E-state index is 4.92. The first-order valence-corrected chi connectivity index (χ1v) is 8.11. The molecule has 98 valence electrons. The van der Waals surface area contributed by atoms with E-state index in [1.54, 1.807) is 0 Å². The van der Waals surface area contributed by atoms with Crippen molar-refractivity contribution in [3.05, 3.63) is 0 Å². The van der Waals surface area contributed by atoms with E-state index in [2.05, 4.69) is 26.1 Å². The van der Waals surface area contributed by atoms with E-state index in [1.807, 2.05) is 11.8 Å². The molecule has 0 aromatic rings. The molecular weight excluding hydrogens is 228 g/mol. The van der Waals surface area contributed by atoms with Crippen LogP contribution in [0.4, 0.5) is 0 Å². The molecule has 1 aliphatic carbocycles. The second kappa shape index (κ2) is 6.12. The van der Waals surface area contributed by atoms with Crippen LogP contribution in [-0.4, -0.2) is 23.0 Å². The monoisotopic (exact) mass is 254 g/mol. The highest BCUT2D eigenvalue weighted by Gasteiger charge is 2.29. The Morgan fingerprint density at radius 2 is 2.06 bits per heavy atom. The summed E-state index contributed by atoms with van der Waals surface area (Å²) in [7, 11) is 0. The lowest BCUT2D eigenvalue weighted by Crippen LogP contribution is -2.38. The minimum atomic E-state index is 0.557. The van der Waals surface area contributed by atoms with Gasteiger partial charge < -0.3 is 5.32 Å². The number of hydrogen-bond acceptors (Lipinski definition) is 3. The average Bonchev–Trinajstić information content (AvgIpc) is 2.27. The van der Waals surface area contributed by atoms with Crippen molar-refractivity contribution in [2.45, 2.75) is 65.0 Å². The maximum Gasteiger partial charge on any atom is 0.157 e. The van der Waals surface area contributed by atoms with Crippen LogP contribution in [0.15, 0.2) is 4.99 Å². The van der Waals surface area contributed by atoms with Crippen LogP contribution in [0, 0.1) is 11.8 Å². The molecule has 17 heavy (non-hydrogen) atoms. The third kappa shape index (κ3) is 3.90. The lowest BCUT2D eigenvalue weighted by molar-refractivity contribution is 0.335.